The van der Waals surface area contributed by atoms with E-state index in [1.807, 2.05) is 34.9 Å². The zero-order valence-electron chi connectivity index (χ0n) is 11.2. The molecule has 20 heavy (non-hydrogen) atoms. The Morgan fingerprint density at radius 3 is 2.80 bits per heavy atom. The Kier molecular flexibility index (Phi) is 4.95. The van der Waals surface area contributed by atoms with E-state index in [9.17, 15) is 4.79 Å². The minimum Gasteiger partial charge on any atom is -0.358 e. The van der Waals surface area contributed by atoms with E-state index in [0.717, 1.165) is 11.4 Å². The summed E-state index contributed by atoms with van der Waals surface area (Å²) in [7, 11) is 1.62. The highest BCUT2D eigenvalue weighted by Crippen LogP contribution is 2.23. The minimum atomic E-state index is -0.0376. The molecule has 1 aromatic carbocycles. The second-order valence-electron chi connectivity index (χ2n) is 4.03. The van der Waals surface area contributed by atoms with Crippen LogP contribution in [0.25, 0.3) is 11.4 Å². The van der Waals surface area contributed by atoms with Crippen LogP contribution in [0.15, 0.2) is 48.1 Å². The molecular weight excluding hydrogens is 272 g/mol. The summed E-state index contributed by atoms with van der Waals surface area (Å²) in [5, 5.41) is 11.7. The average Bonchev–Trinajstić information content (AvgIpc) is 2.89. The maximum atomic E-state index is 11.3. The molecule has 1 heterocycles. The monoisotopic (exact) mass is 288 g/mol. The summed E-state index contributed by atoms with van der Waals surface area (Å²) in [6.45, 7) is 4.36. The highest BCUT2D eigenvalue weighted by molar-refractivity contribution is 7.99. The van der Waals surface area contributed by atoms with Crippen molar-refractivity contribution in [2.45, 2.75) is 11.7 Å². The summed E-state index contributed by atoms with van der Waals surface area (Å²) in [6, 6.07) is 9.84. The normalized spacial score (nSPS) is 10.2. The number of nitrogens with zero attached hydrogens (tertiary/aromatic N) is 3. The van der Waals surface area contributed by atoms with Crippen LogP contribution in [0.1, 0.15) is 0 Å². The van der Waals surface area contributed by atoms with Crippen molar-refractivity contribution in [1.29, 1.82) is 0 Å². The fourth-order valence-electron chi connectivity index (χ4n) is 1.69. The molecule has 0 atom stereocenters. The van der Waals surface area contributed by atoms with Crippen molar-refractivity contribution < 1.29 is 4.79 Å². The Bertz CT molecular complexity index is 594. The van der Waals surface area contributed by atoms with Gasteiger partial charge in [-0.1, -0.05) is 48.2 Å². The molecule has 0 saturated carbocycles. The molecule has 0 aliphatic carbocycles. The number of carbonyl (C=O) groups is 1. The number of rotatable bonds is 6. The maximum absolute atomic E-state index is 11.3. The number of hydrogen-bond acceptors (Lipinski definition) is 4. The van der Waals surface area contributed by atoms with Gasteiger partial charge >= 0.3 is 0 Å². The average molecular weight is 288 g/mol. The molecule has 0 unspecified atom stereocenters. The van der Waals surface area contributed by atoms with Gasteiger partial charge < -0.3 is 5.32 Å². The predicted octanol–water partition coefficient (Wildman–Crippen LogP) is 1.97. The topological polar surface area (TPSA) is 59.8 Å². The van der Waals surface area contributed by atoms with Gasteiger partial charge in [-0.05, 0) is 0 Å². The first-order chi connectivity index (χ1) is 9.76. The molecule has 0 aliphatic rings. The first kappa shape index (κ1) is 14.3. The lowest BCUT2D eigenvalue weighted by Gasteiger charge is -2.07. The number of amides is 1. The largest absolute Gasteiger partial charge is 0.358 e. The molecule has 1 N–H and O–H groups in total. The Hall–Kier alpha value is -2.08. The van der Waals surface area contributed by atoms with Gasteiger partial charge in [0.05, 0.1) is 5.75 Å². The van der Waals surface area contributed by atoms with Crippen molar-refractivity contribution in [3.8, 4) is 11.4 Å². The van der Waals surface area contributed by atoms with Crippen molar-refractivity contribution in [2.75, 3.05) is 12.8 Å². The third-order valence-corrected chi connectivity index (χ3v) is 3.64. The van der Waals surface area contributed by atoms with Crippen LogP contribution in [0, 0.1) is 0 Å². The summed E-state index contributed by atoms with van der Waals surface area (Å²) in [6.07, 6.45) is 1.79. The predicted molar refractivity (Wildman–Crippen MR) is 80.4 cm³/mol. The molecule has 2 rings (SSSR count). The highest BCUT2D eigenvalue weighted by Gasteiger charge is 2.14. The Labute approximate surface area is 122 Å². The van der Waals surface area contributed by atoms with Crippen molar-refractivity contribution in [3.05, 3.63) is 43.0 Å². The van der Waals surface area contributed by atoms with E-state index in [0.29, 0.717) is 17.5 Å². The summed E-state index contributed by atoms with van der Waals surface area (Å²) < 4.78 is 1.95. The Morgan fingerprint density at radius 1 is 1.40 bits per heavy atom. The van der Waals surface area contributed by atoms with Gasteiger partial charge in [-0.15, -0.1) is 16.8 Å². The van der Waals surface area contributed by atoms with E-state index in [1.54, 1.807) is 13.1 Å². The first-order valence-corrected chi connectivity index (χ1v) is 7.17. The van der Waals surface area contributed by atoms with E-state index in [1.165, 1.54) is 11.8 Å². The second kappa shape index (κ2) is 6.91. The summed E-state index contributed by atoms with van der Waals surface area (Å²) >= 11 is 1.36. The molecule has 0 spiro atoms. The number of aromatic nitrogens is 3. The lowest BCUT2D eigenvalue weighted by Crippen LogP contribution is -2.20. The SMILES string of the molecule is C=CCn1c(SCC(=O)NC)nnc1-c1ccccc1. The minimum absolute atomic E-state index is 0.0376. The summed E-state index contributed by atoms with van der Waals surface area (Å²) in [5.74, 6) is 1.06. The third-order valence-electron chi connectivity index (χ3n) is 2.67. The van der Waals surface area contributed by atoms with Crippen LogP contribution >= 0.6 is 11.8 Å². The van der Waals surface area contributed by atoms with E-state index >= 15 is 0 Å². The molecule has 2 aromatic rings. The van der Waals surface area contributed by atoms with E-state index in [-0.39, 0.29) is 5.91 Å². The van der Waals surface area contributed by atoms with Crippen molar-refractivity contribution in [3.63, 3.8) is 0 Å². The number of carbonyl (C=O) groups excluding carboxylic acids is 1. The Balaban J connectivity index is 2.28. The zero-order chi connectivity index (χ0) is 14.4. The number of benzene rings is 1. The van der Waals surface area contributed by atoms with Crippen LogP contribution in [0.5, 0.6) is 0 Å². The summed E-state index contributed by atoms with van der Waals surface area (Å²) in [4.78, 5) is 11.3. The molecule has 1 aromatic heterocycles. The van der Waals surface area contributed by atoms with Gasteiger partial charge in [-0.2, -0.15) is 0 Å². The smallest absolute Gasteiger partial charge is 0.230 e. The lowest BCUT2D eigenvalue weighted by molar-refractivity contribution is -0.118. The van der Waals surface area contributed by atoms with Crippen LogP contribution in [0.4, 0.5) is 0 Å². The third kappa shape index (κ3) is 3.27. The van der Waals surface area contributed by atoms with Gasteiger partial charge in [-0.3, -0.25) is 9.36 Å². The van der Waals surface area contributed by atoms with Crippen molar-refractivity contribution in [1.82, 2.24) is 20.1 Å². The molecule has 0 aliphatic heterocycles. The van der Waals surface area contributed by atoms with Crippen LogP contribution in [0.3, 0.4) is 0 Å². The quantitative estimate of drug-likeness (QED) is 0.652. The van der Waals surface area contributed by atoms with Crippen LogP contribution in [-0.4, -0.2) is 33.5 Å². The molecule has 0 radical (unpaired) electrons. The number of hydrogen-bond donors (Lipinski definition) is 1. The van der Waals surface area contributed by atoms with Crippen LogP contribution in [-0.2, 0) is 11.3 Å². The van der Waals surface area contributed by atoms with E-state index in [2.05, 4.69) is 22.1 Å². The van der Waals surface area contributed by atoms with Gasteiger partial charge in [0.2, 0.25) is 5.91 Å². The maximum Gasteiger partial charge on any atom is 0.230 e. The Morgan fingerprint density at radius 2 is 2.15 bits per heavy atom. The van der Waals surface area contributed by atoms with Gasteiger partial charge in [0.15, 0.2) is 11.0 Å². The van der Waals surface area contributed by atoms with Gasteiger partial charge in [0.25, 0.3) is 0 Å². The number of nitrogens with one attached hydrogen (secondary N) is 1. The molecule has 1 amide bonds. The molecule has 6 heteroatoms. The van der Waals surface area contributed by atoms with Crippen LogP contribution < -0.4 is 5.32 Å². The lowest BCUT2D eigenvalue weighted by atomic mass is 10.2. The molecule has 0 fully saturated rings. The van der Waals surface area contributed by atoms with Gasteiger partial charge in [-0.25, -0.2) is 0 Å². The molecule has 0 saturated heterocycles. The number of allylic oxidation sites excluding steroid dienone is 1. The molecule has 0 bridgehead atoms. The molecular formula is C14H16N4OS. The highest BCUT2D eigenvalue weighted by atomic mass is 32.2. The molecule has 104 valence electrons. The fourth-order valence-corrected chi connectivity index (χ4v) is 2.51. The standard InChI is InChI=1S/C14H16N4OS/c1-3-9-18-13(11-7-5-4-6-8-11)16-17-14(18)20-10-12(19)15-2/h3-8H,1,9-10H2,2H3,(H,15,19). The number of thioether (sulfide) groups is 1. The van der Waals surface area contributed by atoms with E-state index < -0.39 is 0 Å². The second-order valence-corrected chi connectivity index (χ2v) is 4.98. The van der Waals surface area contributed by atoms with Crippen molar-refractivity contribution in [2.24, 2.45) is 0 Å². The van der Waals surface area contributed by atoms with Crippen molar-refractivity contribution >= 4 is 17.7 Å². The molecule has 5 nitrogen and oxygen atoms in total. The summed E-state index contributed by atoms with van der Waals surface area (Å²) in [5.41, 5.74) is 0.994. The zero-order valence-corrected chi connectivity index (χ0v) is 12.1. The van der Waals surface area contributed by atoms with E-state index in [4.69, 9.17) is 0 Å². The fraction of sp³-hybridized carbons (Fsp3) is 0.214. The van der Waals surface area contributed by atoms with Gasteiger partial charge in [0.1, 0.15) is 0 Å². The first-order valence-electron chi connectivity index (χ1n) is 6.19. The van der Waals surface area contributed by atoms with Gasteiger partial charge in [0, 0.05) is 19.2 Å². The van der Waals surface area contributed by atoms with Crippen LogP contribution in [0.2, 0.25) is 0 Å².